The van der Waals surface area contributed by atoms with Crippen LogP contribution in [-0.2, 0) is 11.3 Å². The average Bonchev–Trinajstić information content (AvgIpc) is 2.98. The Hall–Kier alpha value is -1.36. The fourth-order valence-corrected chi connectivity index (χ4v) is 4.08. The highest BCUT2D eigenvalue weighted by Crippen LogP contribution is 2.46. The first-order valence-corrected chi connectivity index (χ1v) is 7.95. The van der Waals surface area contributed by atoms with Crippen LogP contribution in [-0.4, -0.2) is 44.4 Å². The molecule has 21 heavy (non-hydrogen) atoms. The minimum atomic E-state index is -0.187. The zero-order valence-electron chi connectivity index (χ0n) is 13.0. The Morgan fingerprint density at radius 2 is 2.33 bits per heavy atom. The summed E-state index contributed by atoms with van der Waals surface area (Å²) >= 11 is 0. The van der Waals surface area contributed by atoms with Crippen LogP contribution in [0, 0.1) is 12.3 Å². The third-order valence-corrected chi connectivity index (χ3v) is 5.37. The molecule has 2 heterocycles. The Morgan fingerprint density at radius 3 is 3.05 bits per heavy atom. The molecule has 1 saturated carbocycles. The van der Waals surface area contributed by atoms with Crippen molar-refractivity contribution in [2.45, 2.75) is 64.6 Å². The molecular weight excluding hydrogens is 266 g/mol. The van der Waals surface area contributed by atoms with Crippen LogP contribution in [0.5, 0.6) is 0 Å². The summed E-state index contributed by atoms with van der Waals surface area (Å²) in [6, 6.07) is 2.27. The smallest absolute Gasteiger partial charge is 0.224 e. The molecule has 1 aliphatic carbocycles. The third-order valence-electron chi connectivity index (χ3n) is 5.37. The predicted molar refractivity (Wildman–Crippen MR) is 79.7 cm³/mol. The van der Waals surface area contributed by atoms with E-state index in [4.69, 9.17) is 0 Å². The summed E-state index contributed by atoms with van der Waals surface area (Å²) in [5.41, 5.74) is 1.20. The van der Waals surface area contributed by atoms with Gasteiger partial charge in [-0.25, -0.2) is 0 Å². The van der Waals surface area contributed by atoms with Crippen molar-refractivity contribution < 1.29 is 9.90 Å². The van der Waals surface area contributed by atoms with Gasteiger partial charge in [-0.15, -0.1) is 0 Å². The molecule has 1 amide bonds. The third kappa shape index (κ3) is 2.71. The minimum Gasteiger partial charge on any atom is -0.393 e. The van der Waals surface area contributed by atoms with Gasteiger partial charge in [-0.2, -0.15) is 5.10 Å². The van der Waals surface area contributed by atoms with Crippen molar-refractivity contribution in [2.24, 2.45) is 5.41 Å². The van der Waals surface area contributed by atoms with Gasteiger partial charge in [0.05, 0.1) is 6.10 Å². The number of aryl methyl sites for hydroxylation is 2. The van der Waals surface area contributed by atoms with Gasteiger partial charge < -0.3 is 10.0 Å². The lowest BCUT2D eigenvalue weighted by atomic mass is 9.71. The van der Waals surface area contributed by atoms with E-state index in [1.807, 2.05) is 17.7 Å². The summed E-state index contributed by atoms with van der Waals surface area (Å²) < 4.78 is 1.89. The molecule has 0 aromatic carbocycles. The normalized spacial score (nSPS) is 32.2. The summed E-state index contributed by atoms with van der Waals surface area (Å²) in [7, 11) is 0. The summed E-state index contributed by atoms with van der Waals surface area (Å²) in [5, 5.41) is 14.1. The van der Waals surface area contributed by atoms with Gasteiger partial charge in [0, 0.05) is 37.4 Å². The van der Waals surface area contributed by atoms with Gasteiger partial charge in [0.15, 0.2) is 0 Å². The molecule has 5 nitrogen and oxygen atoms in total. The van der Waals surface area contributed by atoms with E-state index in [1.54, 1.807) is 6.20 Å². The molecule has 116 valence electrons. The minimum absolute atomic E-state index is 0.106. The zero-order valence-corrected chi connectivity index (χ0v) is 13.0. The van der Waals surface area contributed by atoms with Gasteiger partial charge in [-0.1, -0.05) is 6.92 Å². The van der Waals surface area contributed by atoms with Crippen LogP contribution in [0.4, 0.5) is 0 Å². The van der Waals surface area contributed by atoms with Gasteiger partial charge >= 0.3 is 0 Å². The quantitative estimate of drug-likeness (QED) is 0.922. The van der Waals surface area contributed by atoms with Crippen LogP contribution in [0.3, 0.4) is 0 Å². The van der Waals surface area contributed by atoms with E-state index >= 15 is 0 Å². The summed E-state index contributed by atoms with van der Waals surface area (Å²) in [6.45, 7) is 5.73. The van der Waals surface area contributed by atoms with Crippen LogP contribution >= 0.6 is 0 Å². The molecule has 3 atom stereocenters. The molecule has 0 unspecified atom stereocenters. The number of fused-ring (bicyclic) bond motifs is 1. The number of hydrogen-bond acceptors (Lipinski definition) is 3. The van der Waals surface area contributed by atoms with Crippen molar-refractivity contribution >= 4 is 5.91 Å². The molecule has 2 fully saturated rings. The van der Waals surface area contributed by atoms with Crippen molar-refractivity contribution in [1.29, 1.82) is 0 Å². The number of aliphatic hydroxyl groups is 1. The lowest BCUT2D eigenvalue weighted by Gasteiger charge is -2.41. The van der Waals surface area contributed by atoms with Gasteiger partial charge in [-0.05, 0) is 44.1 Å². The Morgan fingerprint density at radius 1 is 1.52 bits per heavy atom. The van der Waals surface area contributed by atoms with Crippen molar-refractivity contribution in [3.63, 3.8) is 0 Å². The van der Waals surface area contributed by atoms with Crippen molar-refractivity contribution in [3.8, 4) is 0 Å². The van der Waals surface area contributed by atoms with Crippen LogP contribution in [0.2, 0.25) is 0 Å². The van der Waals surface area contributed by atoms with E-state index in [2.05, 4.69) is 16.9 Å². The SMILES string of the molecule is Cc1ccnn1CCC(=O)N1CC[C@@]2(C)C[C@H](O)CC[C@@H]12. The number of amides is 1. The van der Waals surface area contributed by atoms with Crippen LogP contribution in [0.15, 0.2) is 12.3 Å². The predicted octanol–water partition coefficient (Wildman–Crippen LogP) is 1.73. The number of hydrogen-bond donors (Lipinski definition) is 1. The van der Waals surface area contributed by atoms with Crippen LogP contribution < -0.4 is 0 Å². The van der Waals surface area contributed by atoms with Crippen LogP contribution in [0.25, 0.3) is 0 Å². The van der Waals surface area contributed by atoms with E-state index in [9.17, 15) is 9.90 Å². The van der Waals surface area contributed by atoms with Crippen molar-refractivity contribution in [1.82, 2.24) is 14.7 Å². The molecule has 1 N–H and O–H groups in total. The van der Waals surface area contributed by atoms with Crippen molar-refractivity contribution in [3.05, 3.63) is 18.0 Å². The number of carbonyl (C=O) groups is 1. The van der Waals surface area contributed by atoms with Gasteiger partial charge in [0.1, 0.15) is 0 Å². The molecule has 1 aromatic rings. The van der Waals surface area contributed by atoms with E-state index in [0.717, 1.165) is 37.9 Å². The largest absolute Gasteiger partial charge is 0.393 e. The topological polar surface area (TPSA) is 58.4 Å². The Balaban J connectivity index is 1.62. The first-order chi connectivity index (χ1) is 9.99. The summed E-state index contributed by atoms with van der Waals surface area (Å²) in [5.74, 6) is 0.231. The second-order valence-corrected chi connectivity index (χ2v) is 6.89. The number of aromatic nitrogens is 2. The number of aliphatic hydroxyl groups excluding tert-OH is 1. The van der Waals surface area contributed by atoms with Gasteiger partial charge in [-0.3, -0.25) is 9.48 Å². The zero-order chi connectivity index (χ0) is 15.0. The first kappa shape index (κ1) is 14.6. The average molecular weight is 291 g/mol. The maximum Gasteiger partial charge on any atom is 0.224 e. The van der Waals surface area contributed by atoms with Gasteiger partial charge in [0.2, 0.25) is 5.91 Å². The van der Waals surface area contributed by atoms with Crippen LogP contribution in [0.1, 0.15) is 44.7 Å². The molecule has 2 aliphatic rings. The Kier molecular flexibility index (Phi) is 3.78. The molecule has 1 aliphatic heterocycles. The second-order valence-electron chi connectivity index (χ2n) is 6.89. The van der Waals surface area contributed by atoms with E-state index in [0.29, 0.717) is 19.0 Å². The maximum absolute atomic E-state index is 12.6. The lowest BCUT2D eigenvalue weighted by molar-refractivity contribution is -0.134. The highest BCUT2D eigenvalue weighted by Gasteiger charge is 2.48. The monoisotopic (exact) mass is 291 g/mol. The molecule has 1 aromatic heterocycles. The Labute approximate surface area is 125 Å². The number of nitrogens with zero attached hydrogens (tertiary/aromatic N) is 3. The molecular formula is C16H25N3O2. The Bertz CT molecular complexity index is 527. The highest BCUT2D eigenvalue weighted by atomic mass is 16.3. The second kappa shape index (κ2) is 5.44. The van der Waals surface area contributed by atoms with E-state index < -0.39 is 0 Å². The lowest BCUT2D eigenvalue weighted by Crippen LogP contribution is -2.46. The molecule has 0 bridgehead atoms. The van der Waals surface area contributed by atoms with Gasteiger partial charge in [0.25, 0.3) is 0 Å². The summed E-state index contributed by atoms with van der Waals surface area (Å²) in [4.78, 5) is 14.6. The number of rotatable bonds is 3. The molecule has 0 radical (unpaired) electrons. The van der Waals surface area contributed by atoms with E-state index in [1.165, 1.54) is 0 Å². The molecule has 0 spiro atoms. The number of likely N-dealkylation sites (tertiary alicyclic amines) is 1. The number of carbonyl (C=O) groups excluding carboxylic acids is 1. The fourth-order valence-electron chi connectivity index (χ4n) is 4.08. The molecule has 5 heteroatoms. The molecule has 1 saturated heterocycles. The maximum atomic E-state index is 12.6. The first-order valence-electron chi connectivity index (χ1n) is 7.95. The van der Waals surface area contributed by atoms with Crippen molar-refractivity contribution in [2.75, 3.05) is 6.54 Å². The standard InChI is InChI=1S/C16H25N3O2/c1-12-5-8-17-19(12)9-6-15(21)18-10-7-16(2)11-13(20)3-4-14(16)18/h5,8,13-14,20H,3-4,6-7,9-11H2,1-2H3/t13-,14-,16+/m1/s1. The highest BCUT2D eigenvalue weighted by molar-refractivity contribution is 5.77. The fraction of sp³-hybridized carbons (Fsp3) is 0.750. The molecule has 3 rings (SSSR count). The summed E-state index contributed by atoms with van der Waals surface area (Å²) in [6.07, 6.45) is 5.70. The van der Waals surface area contributed by atoms with E-state index in [-0.39, 0.29) is 17.4 Å².